The van der Waals surface area contributed by atoms with E-state index < -0.39 is 0 Å². The van der Waals surface area contributed by atoms with Crippen LogP contribution in [0.1, 0.15) is 25.0 Å². The van der Waals surface area contributed by atoms with Crippen molar-refractivity contribution >= 4 is 65.9 Å². The maximum Gasteiger partial charge on any atom is 0.231 e. The van der Waals surface area contributed by atoms with Gasteiger partial charge in [-0.3, -0.25) is 0 Å². The van der Waals surface area contributed by atoms with E-state index in [4.69, 9.17) is 23.2 Å². The van der Waals surface area contributed by atoms with Gasteiger partial charge in [0, 0.05) is 43.5 Å². The van der Waals surface area contributed by atoms with E-state index in [1.165, 1.54) is 27.8 Å². The van der Waals surface area contributed by atoms with Crippen molar-refractivity contribution in [1.29, 1.82) is 0 Å². The molecule has 4 heterocycles. The first-order valence-corrected chi connectivity index (χ1v) is 20.4. The first-order valence-electron chi connectivity index (χ1n) is 20.4. The maximum atomic E-state index is 6.69. The summed E-state index contributed by atoms with van der Waals surface area (Å²) in [7, 11) is 0. The van der Waals surface area contributed by atoms with E-state index in [-0.39, 0.29) is 5.41 Å². The lowest BCUT2D eigenvalue weighted by Crippen LogP contribution is -2.14. The molecule has 0 spiro atoms. The zero-order valence-corrected chi connectivity index (χ0v) is 32.8. The van der Waals surface area contributed by atoms with Gasteiger partial charge in [0.2, 0.25) is 5.71 Å². The van der Waals surface area contributed by atoms with Crippen LogP contribution in [-0.4, -0.2) is 9.97 Å². The molecule has 0 saturated carbocycles. The lowest BCUT2D eigenvalue weighted by molar-refractivity contribution is 0.653. The highest BCUT2D eigenvalue weighted by Crippen LogP contribution is 2.50. The van der Waals surface area contributed by atoms with Crippen LogP contribution in [0.4, 0.5) is 0 Å². The Morgan fingerprint density at radius 3 is 1.75 bits per heavy atom. The number of fused-ring (bicyclic) bond motifs is 12. The lowest BCUT2D eigenvalue weighted by Gasteiger charge is -2.22. The number of para-hydroxylation sites is 1. The fourth-order valence-electron chi connectivity index (χ4n) is 9.85. The van der Waals surface area contributed by atoms with Crippen LogP contribution < -0.4 is 0 Å². The summed E-state index contributed by atoms with van der Waals surface area (Å²) in [6.45, 7) is 4.65. The summed E-state index contributed by atoms with van der Waals surface area (Å²) < 4.78 is 19.7. The van der Waals surface area contributed by atoms with Gasteiger partial charge in [-0.15, -0.1) is 0 Å². The van der Waals surface area contributed by atoms with Crippen molar-refractivity contribution < 1.29 is 13.3 Å². The summed E-state index contributed by atoms with van der Waals surface area (Å²) in [6, 6.07) is 59.5. The van der Waals surface area contributed by atoms with Gasteiger partial charge in [0.05, 0.1) is 11.1 Å². The fraction of sp³-hybridized carbons (Fsp3) is 0.0545. The molecule has 60 heavy (non-hydrogen) atoms. The minimum atomic E-state index is -0.0952. The second kappa shape index (κ2) is 12.1. The minimum absolute atomic E-state index is 0.0952. The molecule has 0 atom stereocenters. The summed E-state index contributed by atoms with van der Waals surface area (Å²) in [6.07, 6.45) is 0. The van der Waals surface area contributed by atoms with Gasteiger partial charge in [-0.25, -0.2) is 4.98 Å². The number of rotatable bonds is 4. The summed E-state index contributed by atoms with van der Waals surface area (Å²) in [5.74, 6) is 0.556. The molecule has 0 unspecified atom stereocenters. The molecule has 0 radical (unpaired) electrons. The smallest absolute Gasteiger partial charge is 0.231 e. The fourth-order valence-corrected chi connectivity index (χ4v) is 9.85. The number of hydrogen-bond acceptors (Lipinski definition) is 5. The van der Waals surface area contributed by atoms with Gasteiger partial charge >= 0.3 is 0 Å². The Kier molecular flexibility index (Phi) is 6.72. The van der Waals surface area contributed by atoms with Crippen LogP contribution in [0.25, 0.3) is 122 Å². The molecule has 0 saturated heterocycles. The van der Waals surface area contributed by atoms with Gasteiger partial charge in [-0.2, -0.15) is 4.98 Å². The second-order valence-electron chi connectivity index (χ2n) is 16.5. The predicted octanol–water partition coefficient (Wildman–Crippen LogP) is 15.1. The highest BCUT2D eigenvalue weighted by atomic mass is 16.3. The van der Waals surface area contributed by atoms with Crippen molar-refractivity contribution in [3.8, 4) is 56.0 Å². The van der Waals surface area contributed by atoms with E-state index in [0.29, 0.717) is 11.5 Å². The average molecular weight is 771 g/mol. The van der Waals surface area contributed by atoms with Crippen molar-refractivity contribution in [2.45, 2.75) is 19.3 Å². The van der Waals surface area contributed by atoms with Gasteiger partial charge in [-0.1, -0.05) is 135 Å². The van der Waals surface area contributed by atoms with E-state index in [2.05, 4.69) is 135 Å². The number of benzene rings is 8. The van der Waals surface area contributed by atoms with Crippen LogP contribution in [0.15, 0.2) is 183 Å². The highest BCUT2D eigenvalue weighted by Gasteiger charge is 2.35. The van der Waals surface area contributed by atoms with Crippen molar-refractivity contribution in [1.82, 2.24) is 9.97 Å². The molecule has 282 valence electrons. The highest BCUT2D eigenvalue weighted by molar-refractivity contribution is 6.19. The van der Waals surface area contributed by atoms with Crippen molar-refractivity contribution in [3.05, 3.63) is 181 Å². The van der Waals surface area contributed by atoms with Gasteiger partial charge in [0.1, 0.15) is 27.9 Å². The average Bonchev–Trinajstić information content (AvgIpc) is 4.04. The second-order valence-corrected chi connectivity index (χ2v) is 16.5. The van der Waals surface area contributed by atoms with Crippen LogP contribution in [0.2, 0.25) is 0 Å². The zero-order chi connectivity index (χ0) is 39.7. The van der Waals surface area contributed by atoms with E-state index in [1.807, 2.05) is 48.5 Å². The maximum absolute atomic E-state index is 6.69. The van der Waals surface area contributed by atoms with Gasteiger partial charge in [0.25, 0.3) is 0 Å². The molecule has 0 fully saturated rings. The molecule has 0 bridgehead atoms. The van der Waals surface area contributed by atoms with Crippen LogP contribution >= 0.6 is 0 Å². The zero-order valence-electron chi connectivity index (χ0n) is 32.8. The molecule has 5 heteroatoms. The number of furan rings is 3. The van der Waals surface area contributed by atoms with Crippen LogP contribution in [-0.2, 0) is 5.41 Å². The van der Waals surface area contributed by atoms with Crippen LogP contribution in [0.5, 0.6) is 0 Å². The van der Waals surface area contributed by atoms with E-state index in [1.54, 1.807) is 0 Å². The number of aromatic nitrogens is 2. The molecular weight excluding hydrogens is 737 g/mol. The molecule has 13 rings (SSSR count). The molecule has 5 nitrogen and oxygen atoms in total. The monoisotopic (exact) mass is 770 g/mol. The number of hydrogen-bond donors (Lipinski definition) is 0. The Morgan fingerprint density at radius 2 is 0.933 bits per heavy atom. The quantitative estimate of drug-likeness (QED) is 0.178. The van der Waals surface area contributed by atoms with Crippen LogP contribution in [0, 0.1) is 0 Å². The SMILES string of the molecule is CC1(C)c2ccccc2-c2ccc(-c3ccc4oc5cccc(-c6nc(-c7cccc8oc9ccccc9c78)c7c(n6)oc6ccc(-c8ccccc8)cc67)c5c4c3)cc21. The first-order chi connectivity index (χ1) is 29.5. The molecule has 0 N–H and O–H groups in total. The third kappa shape index (κ3) is 4.69. The molecule has 4 aromatic heterocycles. The summed E-state index contributed by atoms with van der Waals surface area (Å²) >= 11 is 0. The first kappa shape index (κ1) is 33.2. The van der Waals surface area contributed by atoms with Gasteiger partial charge in [0.15, 0.2) is 5.82 Å². The topological polar surface area (TPSA) is 65.2 Å². The molecule has 1 aliphatic carbocycles. The Labute approximate surface area is 344 Å². The van der Waals surface area contributed by atoms with Crippen molar-refractivity contribution in [2.24, 2.45) is 0 Å². The van der Waals surface area contributed by atoms with Gasteiger partial charge < -0.3 is 13.3 Å². The summed E-state index contributed by atoms with van der Waals surface area (Å²) in [5, 5.41) is 5.81. The standard InChI is InChI=1S/C55H34N2O3/c1-55(2)42-18-8-6-14-35(42)36-25-22-34(30-43(36)55)33-24-26-45-40(29-33)50-39(17-11-21-48(50)59-45)53-56-52(38-16-10-20-47-49(38)37-15-7-9-19-44(37)58-47)51-41-28-32(31-12-4-3-5-13-31)23-27-46(41)60-54(51)57-53/h3-30H,1-2H3. The molecular formula is C55H34N2O3. The lowest BCUT2D eigenvalue weighted by atomic mass is 9.81. The van der Waals surface area contributed by atoms with Crippen LogP contribution in [0.3, 0.4) is 0 Å². The third-order valence-electron chi connectivity index (χ3n) is 12.7. The predicted molar refractivity (Wildman–Crippen MR) is 243 cm³/mol. The van der Waals surface area contributed by atoms with E-state index in [9.17, 15) is 0 Å². The molecule has 12 aromatic rings. The molecule has 0 aliphatic heterocycles. The summed E-state index contributed by atoms with van der Waals surface area (Å²) in [4.78, 5) is 10.8. The Morgan fingerprint density at radius 1 is 0.367 bits per heavy atom. The summed E-state index contributed by atoms with van der Waals surface area (Å²) in [5.41, 5.74) is 16.8. The van der Waals surface area contributed by atoms with Crippen molar-refractivity contribution in [3.63, 3.8) is 0 Å². The van der Waals surface area contributed by atoms with Crippen molar-refractivity contribution in [2.75, 3.05) is 0 Å². The normalized spacial score (nSPS) is 13.3. The van der Waals surface area contributed by atoms with Gasteiger partial charge in [-0.05, 0) is 93.0 Å². The molecule has 0 amide bonds. The Bertz CT molecular complexity index is 3750. The largest absolute Gasteiger partial charge is 0.456 e. The number of nitrogens with zero attached hydrogens (tertiary/aromatic N) is 2. The third-order valence-corrected chi connectivity index (χ3v) is 12.7. The Hall–Kier alpha value is -7.76. The minimum Gasteiger partial charge on any atom is -0.456 e. The van der Waals surface area contributed by atoms with E-state index in [0.717, 1.165) is 93.7 Å². The van der Waals surface area contributed by atoms with E-state index >= 15 is 0 Å². The molecule has 8 aromatic carbocycles. The Balaban J connectivity index is 1.05. The molecule has 1 aliphatic rings.